The number of hydrogen-bond acceptors (Lipinski definition) is 5. The molecule has 2 unspecified atom stereocenters. The predicted octanol–water partition coefficient (Wildman–Crippen LogP) is 4.68. The van der Waals surface area contributed by atoms with Crippen molar-refractivity contribution in [2.75, 3.05) is 20.2 Å². The average molecular weight is 430 g/mol. The van der Waals surface area contributed by atoms with E-state index < -0.39 is 11.2 Å². The van der Waals surface area contributed by atoms with Crippen LogP contribution < -0.4 is 0 Å². The normalized spacial score (nSPS) is 12.7. The molecule has 0 saturated heterocycles. The number of thiocarbonyl (C=S) groups is 1. The van der Waals surface area contributed by atoms with Gasteiger partial charge in [-0.05, 0) is 31.4 Å². The molecule has 0 radical (unpaired) electrons. The van der Waals surface area contributed by atoms with Crippen LogP contribution in [-0.4, -0.2) is 46.4 Å². The molecule has 4 nitrogen and oxygen atoms in total. The zero-order chi connectivity index (χ0) is 21.2. The summed E-state index contributed by atoms with van der Waals surface area (Å²) >= 11 is 6.84. The fraction of sp³-hybridized carbons (Fsp3) is 0.348. The summed E-state index contributed by atoms with van der Waals surface area (Å²) in [6.07, 6.45) is 0.323. The zero-order valence-electron chi connectivity index (χ0n) is 17.0. The van der Waals surface area contributed by atoms with Crippen molar-refractivity contribution < 1.29 is 14.3 Å². The summed E-state index contributed by atoms with van der Waals surface area (Å²) < 4.78 is 5.65. The Bertz CT molecular complexity index is 807. The highest BCUT2D eigenvalue weighted by Crippen LogP contribution is 2.31. The Balaban J connectivity index is 2.31. The highest BCUT2D eigenvalue weighted by atomic mass is 32.2. The summed E-state index contributed by atoms with van der Waals surface area (Å²) in [6.45, 7) is 5.16. The number of hydrogen-bond donors (Lipinski definition) is 0. The van der Waals surface area contributed by atoms with E-state index in [1.165, 1.54) is 18.9 Å². The van der Waals surface area contributed by atoms with Crippen LogP contribution in [0, 0.1) is 0 Å². The van der Waals surface area contributed by atoms with Crippen LogP contribution >= 0.6 is 24.0 Å². The van der Waals surface area contributed by atoms with Crippen LogP contribution in [0.25, 0.3) is 0 Å². The second-order valence-electron chi connectivity index (χ2n) is 6.49. The Hall–Kier alpha value is -2.18. The molecule has 2 aromatic carbocycles. The van der Waals surface area contributed by atoms with Gasteiger partial charge in [0.1, 0.15) is 5.25 Å². The number of carbonyl (C=O) groups is 2. The lowest BCUT2D eigenvalue weighted by atomic mass is 9.92. The molecule has 0 fully saturated rings. The van der Waals surface area contributed by atoms with Gasteiger partial charge < -0.3 is 9.64 Å². The Morgan fingerprint density at radius 3 is 2.07 bits per heavy atom. The molecule has 6 heteroatoms. The van der Waals surface area contributed by atoms with E-state index >= 15 is 0 Å². The monoisotopic (exact) mass is 429 g/mol. The molecule has 2 atom stereocenters. The minimum absolute atomic E-state index is 0.0151. The smallest absolute Gasteiger partial charge is 0.319 e. The molecule has 0 spiro atoms. The number of carbonyl (C=O) groups excluding carboxylic acids is 2. The molecule has 0 saturated carbocycles. The minimum Gasteiger partial charge on any atom is -0.468 e. The number of rotatable bonds is 9. The lowest BCUT2D eigenvalue weighted by Crippen LogP contribution is -2.37. The van der Waals surface area contributed by atoms with E-state index in [0.29, 0.717) is 23.7 Å². The van der Waals surface area contributed by atoms with Crippen molar-refractivity contribution in [3.8, 4) is 0 Å². The van der Waals surface area contributed by atoms with Gasteiger partial charge in [0.05, 0.1) is 17.2 Å². The molecular weight excluding hydrogens is 402 g/mol. The molecule has 1 amide bonds. The zero-order valence-corrected chi connectivity index (χ0v) is 18.7. The lowest BCUT2D eigenvalue weighted by molar-refractivity contribution is -0.140. The molecule has 2 aromatic rings. The van der Waals surface area contributed by atoms with Crippen LogP contribution in [0.4, 0.5) is 0 Å². The number of nitrogens with zero attached hydrogens (tertiary/aromatic N) is 1. The molecule has 29 heavy (non-hydrogen) atoms. The number of ether oxygens (including phenoxy) is 1. The third-order valence-electron chi connectivity index (χ3n) is 4.75. The highest BCUT2D eigenvalue weighted by molar-refractivity contribution is 8.24. The number of methoxy groups -OCH3 is 1. The molecular formula is C23H27NO3S2. The van der Waals surface area contributed by atoms with Crippen LogP contribution in [0.5, 0.6) is 0 Å². The second-order valence-corrected chi connectivity index (χ2v) is 8.37. The van der Waals surface area contributed by atoms with E-state index in [2.05, 4.69) is 0 Å². The van der Waals surface area contributed by atoms with Gasteiger partial charge in [-0.15, -0.1) is 0 Å². The number of thioether (sulfide) groups is 1. The van der Waals surface area contributed by atoms with Gasteiger partial charge >= 0.3 is 5.97 Å². The summed E-state index contributed by atoms with van der Waals surface area (Å²) in [5.41, 5.74) is 1.78. The Labute approximate surface area is 182 Å². The summed E-state index contributed by atoms with van der Waals surface area (Å²) in [5, 5.41) is -0.572. The highest BCUT2D eigenvalue weighted by Gasteiger charge is 2.32. The Morgan fingerprint density at radius 2 is 1.55 bits per heavy atom. The maximum absolute atomic E-state index is 13.2. The fourth-order valence-corrected chi connectivity index (χ4v) is 4.63. The summed E-state index contributed by atoms with van der Waals surface area (Å²) in [7, 11) is 1.37. The molecule has 0 N–H and O–H groups in total. The molecule has 0 aliphatic rings. The number of benzene rings is 2. The summed E-state index contributed by atoms with van der Waals surface area (Å²) in [5.74, 6) is -0.797. The summed E-state index contributed by atoms with van der Waals surface area (Å²) in [4.78, 5) is 27.6. The first-order valence-electron chi connectivity index (χ1n) is 9.69. The molecule has 0 heterocycles. The Morgan fingerprint density at radius 1 is 1.00 bits per heavy atom. The van der Waals surface area contributed by atoms with E-state index in [1.54, 1.807) is 4.90 Å². The van der Waals surface area contributed by atoms with Crippen LogP contribution in [0.3, 0.4) is 0 Å². The predicted molar refractivity (Wildman–Crippen MR) is 123 cm³/mol. The van der Waals surface area contributed by atoms with Gasteiger partial charge in [-0.25, -0.2) is 0 Å². The van der Waals surface area contributed by atoms with Crippen molar-refractivity contribution in [3.05, 3.63) is 71.8 Å². The van der Waals surface area contributed by atoms with Crippen molar-refractivity contribution in [2.45, 2.75) is 31.4 Å². The van der Waals surface area contributed by atoms with Gasteiger partial charge in [0.2, 0.25) is 5.91 Å². The van der Waals surface area contributed by atoms with Crippen LogP contribution in [0.1, 0.15) is 37.3 Å². The third kappa shape index (κ3) is 6.41. The first-order chi connectivity index (χ1) is 14.0. The fourth-order valence-electron chi connectivity index (χ4n) is 3.13. The molecule has 154 valence electrons. The SMILES string of the molecule is CCN(CC)C(=O)C(CC(SC(=S)c1ccccc1)C(=O)OC)c1ccccc1. The van der Waals surface area contributed by atoms with Crippen molar-refractivity contribution in [1.29, 1.82) is 0 Å². The molecule has 0 aliphatic heterocycles. The number of amides is 1. The van der Waals surface area contributed by atoms with E-state index in [0.717, 1.165) is 11.1 Å². The number of esters is 1. The molecule has 0 aliphatic carbocycles. The van der Waals surface area contributed by atoms with E-state index in [1.807, 2.05) is 74.5 Å². The van der Waals surface area contributed by atoms with Crippen molar-refractivity contribution in [3.63, 3.8) is 0 Å². The lowest BCUT2D eigenvalue weighted by Gasteiger charge is -2.27. The van der Waals surface area contributed by atoms with Crippen LogP contribution in [0.2, 0.25) is 0 Å². The Kier molecular flexibility index (Phi) is 9.35. The largest absolute Gasteiger partial charge is 0.468 e. The van der Waals surface area contributed by atoms with Crippen LogP contribution in [0.15, 0.2) is 60.7 Å². The quantitative estimate of drug-likeness (QED) is 0.428. The molecule has 2 rings (SSSR count). The molecule has 0 bridgehead atoms. The van der Waals surface area contributed by atoms with Gasteiger partial charge in [-0.1, -0.05) is 84.6 Å². The first kappa shape index (κ1) is 23.1. The summed E-state index contributed by atoms with van der Waals surface area (Å²) in [6, 6.07) is 19.2. The first-order valence-corrected chi connectivity index (χ1v) is 11.0. The number of likely N-dealkylation sites (N-methyl/N-ethyl adjacent to an activating group) is 1. The van der Waals surface area contributed by atoms with E-state index in [4.69, 9.17) is 17.0 Å². The van der Waals surface area contributed by atoms with Crippen molar-refractivity contribution in [1.82, 2.24) is 4.90 Å². The van der Waals surface area contributed by atoms with Crippen molar-refractivity contribution >= 4 is 40.1 Å². The van der Waals surface area contributed by atoms with Gasteiger partial charge in [0.25, 0.3) is 0 Å². The molecule has 0 aromatic heterocycles. The maximum atomic E-state index is 13.2. The van der Waals surface area contributed by atoms with E-state index in [-0.39, 0.29) is 11.9 Å². The second kappa shape index (κ2) is 11.7. The van der Waals surface area contributed by atoms with Crippen LogP contribution in [-0.2, 0) is 14.3 Å². The van der Waals surface area contributed by atoms with Gasteiger partial charge in [0.15, 0.2) is 0 Å². The van der Waals surface area contributed by atoms with Gasteiger partial charge in [0, 0.05) is 13.1 Å². The standard InChI is InChI=1S/C23H27NO3S2/c1-4-24(5-2)21(25)19(17-12-8-6-9-13-17)16-20(22(26)27-3)29-23(28)18-14-10-7-11-15-18/h6-15,19-20H,4-5,16H2,1-3H3. The van der Waals surface area contributed by atoms with Gasteiger partial charge in [-0.2, -0.15) is 0 Å². The third-order valence-corrected chi connectivity index (χ3v) is 6.39. The van der Waals surface area contributed by atoms with Gasteiger partial charge in [-0.3, -0.25) is 9.59 Å². The minimum atomic E-state index is -0.572. The van der Waals surface area contributed by atoms with E-state index in [9.17, 15) is 9.59 Å². The maximum Gasteiger partial charge on any atom is 0.319 e. The van der Waals surface area contributed by atoms with Crippen molar-refractivity contribution in [2.24, 2.45) is 0 Å². The average Bonchev–Trinajstić information content (AvgIpc) is 2.77. The topological polar surface area (TPSA) is 46.6 Å².